The van der Waals surface area contributed by atoms with Crippen LogP contribution < -0.4 is 5.32 Å². The van der Waals surface area contributed by atoms with E-state index in [1.807, 2.05) is 4.90 Å². The number of carbonyl (C=O) groups excluding carboxylic acids is 1. The maximum atomic E-state index is 12.9. The monoisotopic (exact) mass is 560 g/mol. The van der Waals surface area contributed by atoms with E-state index in [0.29, 0.717) is 12.0 Å². The number of benzene rings is 1. The molecular weight excluding hydrogens is 516 g/mol. The minimum atomic E-state index is -1.82. The van der Waals surface area contributed by atoms with E-state index in [2.05, 4.69) is 103 Å². The Morgan fingerprint density at radius 2 is 1.89 bits per heavy atom. The number of urea groups is 1. The highest BCUT2D eigenvalue weighted by Gasteiger charge is 2.45. The van der Waals surface area contributed by atoms with Crippen LogP contribution in [-0.2, 0) is 6.42 Å². The minimum absolute atomic E-state index is 0.0800. The molecule has 4 rings (SSSR count). The van der Waals surface area contributed by atoms with Crippen LogP contribution in [0.1, 0.15) is 71.4 Å². The SMILES string of the molecule is CCCN1C[C@@H](NC(=O)N(CC)CC)CC2c3cccc4c3c(c(Br)n4[Si](C)(C)C(C)(C)C)C[C@H]21. The topological polar surface area (TPSA) is 40.5 Å². The zero-order valence-electron chi connectivity index (χ0n) is 23.0. The van der Waals surface area contributed by atoms with Gasteiger partial charge in [0.05, 0.1) is 4.60 Å². The zero-order valence-corrected chi connectivity index (χ0v) is 25.6. The lowest BCUT2D eigenvalue weighted by Crippen LogP contribution is -2.57. The maximum Gasteiger partial charge on any atom is 0.317 e. The summed E-state index contributed by atoms with van der Waals surface area (Å²) < 4.78 is 3.99. The molecule has 0 spiro atoms. The van der Waals surface area contributed by atoms with Gasteiger partial charge in [-0.15, -0.1) is 0 Å². The molecule has 7 heteroatoms. The molecule has 1 aromatic carbocycles. The lowest BCUT2D eigenvalue weighted by atomic mass is 9.74. The second kappa shape index (κ2) is 9.86. The standard InChI is InChI=1S/C28H45BrN4OSi/c1-9-15-32-18-19(30-27(34)31(10-2)11-3)16-21-20-13-12-14-23-25(20)22(17-24(21)32)26(29)33(23)35(7,8)28(4,5)6/h12-14,19,21,24H,9-11,15-18H2,1-8H3,(H,30,34)/t19-,21?,24+/m0/s1. The van der Waals surface area contributed by atoms with Gasteiger partial charge in [0, 0.05) is 48.5 Å². The van der Waals surface area contributed by atoms with E-state index < -0.39 is 8.24 Å². The number of fused-ring (bicyclic) bond motifs is 2. The highest BCUT2D eigenvalue weighted by molar-refractivity contribution is 9.10. The Morgan fingerprint density at radius 3 is 2.49 bits per heavy atom. The quantitative estimate of drug-likeness (QED) is 0.394. The third-order valence-electron chi connectivity index (χ3n) is 9.09. The lowest BCUT2D eigenvalue weighted by Gasteiger charge is -2.47. The Labute approximate surface area is 221 Å². The first-order chi connectivity index (χ1) is 16.5. The van der Waals surface area contributed by atoms with Crippen molar-refractivity contribution in [2.45, 2.75) is 96.9 Å². The summed E-state index contributed by atoms with van der Waals surface area (Å²) in [5.74, 6) is 0.440. The smallest absolute Gasteiger partial charge is 0.317 e. The molecule has 1 saturated heterocycles. The molecule has 0 bridgehead atoms. The number of likely N-dealkylation sites (tertiary alicyclic amines) is 1. The highest BCUT2D eigenvalue weighted by Crippen LogP contribution is 2.49. The van der Waals surface area contributed by atoms with Gasteiger partial charge in [-0.25, -0.2) is 4.79 Å². The lowest BCUT2D eigenvalue weighted by molar-refractivity contribution is 0.0978. The molecule has 3 atom stereocenters. The van der Waals surface area contributed by atoms with Gasteiger partial charge in [-0.1, -0.05) is 52.9 Å². The predicted octanol–water partition coefficient (Wildman–Crippen LogP) is 6.80. The fourth-order valence-electron chi connectivity index (χ4n) is 6.25. The first-order valence-electron chi connectivity index (χ1n) is 13.6. The van der Waals surface area contributed by atoms with E-state index in [1.54, 1.807) is 0 Å². The van der Waals surface area contributed by atoms with Crippen molar-refractivity contribution in [3.05, 3.63) is 33.9 Å². The summed E-state index contributed by atoms with van der Waals surface area (Å²) in [6.45, 7) is 22.1. The normalized spacial score (nSPS) is 22.8. The Morgan fingerprint density at radius 1 is 1.20 bits per heavy atom. The summed E-state index contributed by atoms with van der Waals surface area (Å²) in [4.78, 5) is 17.5. The largest absolute Gasteiger partial charge is 0.362 e. The number of halogens is 1. The number of hydrogen-bond acceptors (Lipinski definition) is 2. The van der Waals surface area contributed by atoms with Crippen molar-refractivity contribution in [1.29, 1.82) is 0 Å². The van der Waals surface area contributed by atoms with Crippen LogP contribution in [0.4, 0.5) is 4.79 Å². The summed E-state index contributed by atoms with van der Waals surface area (Å²) in [5, 5.41) is 5.11. The van der Waals surface area contributed by atoms with E-state index in [0.717, 1.165) is 45.4 Å². The molecule has 2 amide bonds. The van der Waals surface area contributed by atoms with Crippen molar-refractivity contribution in [2.75, 3.05) is 26.2 Å². The van der Waals surface area contributed by atoms with E-state index in [9.17, 15) is 4.79 Å². The Balaban J connectivity index is 1.78. The van der Waals surface area contributed by atoms with Crippen LogP contribution in [0, 0.1) is 0 Å². The maximum absolute atomic E-state index is 12.9. The molecule has 194 valence electrons. The summed E-state index contributed by atoms with van der Waals surface area (Å²) >= 11 is 4.12. The number of nitrogens with one attached hydrogen (secondary N) is 1. The fourth-order valence-corrected chi connectivity index (χ4v) is 10.2. The van der Waals surface area contributed by atoms with Crippen LogP contribution in [0.5, 0.6) is 0 Å². The summed E-state index contributed by atoms with van der Waals surface area (Å²) in [6.07, 6.45) is 3.22. The number of rotatable bonds is 6. The van der Waals surface area contributed by atoms with Gasteiger partial charge < -0.3 is 14.4 Å². The molecule has 1 aliphatic carbocycles. The van der Waals surface area contributed by atoms with Gasteiger partial charge >= 0.3 is 6.03 Å². The number of amides is 2. The number of piperidine rings is 1. The third kappa shape index (κ3) is 4.50. The minimum Gasteiger partial charge on any atom is -0.362 e. The van der Waals surface area contributed by atoms with Gasteiger partial charge in [-0.3, -0.25) is 4.90 Å². The van der Waals surface area contributed by atoms with Gasteiger partial charge in [0.1, 0.15) is 0 Å². The van der Waals surface area contributed by atoms with Gasteiger partial charge in [-0.2, -0.15) is 0 Å². The Hall–Kier alpha value is -1.31. The number of aromatic nitrogens is 1. The first-order valence-corrected chi connectivity index (χ1v) is 17.3. The van der Waals surface area contributed by atoms with Crippen molar-refractivity contribution < 1.29 is 4.79 Å². The van der Waals surface area contributed by atoms with Crippen molar-refractivity contribution in [3.63, 3.8) is 0 Å². The average molecular weight is 562 g/mol. The van der Waals surface area contributed by atoms with E-state index >= 15 is 0 Å². The number of hydrogen-bond donors (Lipinski definition) is 1. The van der Waals surface area contributed by atoms with Crippen molar-refractivity contribution >= 4 is 41.1 Å². The molecule has 2 aliphatic rings. The van der Waals surface area contributed by atoms with Gasteiger partial charge in [0.2, 0.25) is 0 Å². The van der Waals surface area contributed by atoms with E-state index in [4.69, 9.17) is 0 Å². The molecule has 1 N–H and O–H groups in total. The van der Waals surface area contributed by atoms with Crippen LogP contribution in [0.3, 0.4) is 0 Å². The fraction of sp³-hybridized carbons (Fsp3) is 0.679. The molecule has 1 aromatic heterocycles. The number of nitrogens with zero attached hydrogens (tertiary/aromatic N) is 3. The molecule has 2 heterocycles. The van der Waals surface area contributed by atoms with E-state index in [1.165, 1.54) is 26.6 Å². The molecule has 35 heavy (non-hydrogen) atoms. The second-order valence-corrected chi connectivity index (χ2v) is 17.9. The Kier molecular flexibility index (Phi) is 7.54. The van der Waals surface area contributed by atoms with Gasteiger partial charge in [0.25, 0.3) is 0 Å². The number of carbonyl (C=O) groups is 1. The molecular formula is C28H45BrN4OSi. The van der Waals surface area contributed by atoms with Crippen molar-refractivity contribution in [2.24, 2.45) is 0 Å². The van der Waals surface area contributed by atoms with Crippen LogP contribution >= 0.6 is 15.9 Å². The molecule has 1 unspecified atom stereocenters. The summed E-state index contributed by atoms with van der Waals surface area (Å²) in [7, 11) is -1.82. The van der Waals surface area contributed by atoms with Crippen molar-refractivity contribution in [1.82, 2.24) is 19.3 Å². The molecule has 1 aliphatic heterocycles. The van der Waals surface area contributed by atoms with Crippen LogP contribution in [-0.4, -0.2) is 66.6 Å². The summed E-state index contributed by atoms with van der Waals surface area (Å²) in [5.41, 5.74) is 4.37. The van der Waals surface area contributed by atoms with Crippen LogP contribution in [0.15, 0.2) is 22.8 Å². The molecule has 0 saturated carbocycles. The van der Waals surface area contributed by atoms with Crippen LogP contribution in [0.25, 0.3) is 10.9 Å². The van der Waals surface area contributed by atoms with Crippen molar-refractivity contribution in [3.8, 4) is 0 Å². The molecule has 5 nitrogen and oxygen atoms in total. The third-order valence-corrected chi connectivity index (χ3v) is 15.5. The zero-order chi connectivity index (χ0) is 25.7. The molecule has 0 radical (unpaired) electrons. The predicted molar refractivity (Wildman–Crippen MR) is 154 cm³/mol. The molecule has 1 fully saturated rings. The van der Waals surface area contributed by atoms with Gasteiger partial charge in [-0.05, 0) is 77.8 Å². The van der Waals surface area contributed by atoms with E-state index in [-0.39, 0.29) is 17.1 Å². The Bertz CT molecular complexity index is 1080. The first kappa shape index (κ1) is 26.7. The van der Waals surface area contributed by atoms with Gasteiger partial charge in [0.15, 0.2) is 8.24 Å². The summed E-state index contributed by atoms with van der Waals surface area (Å²) in [6, 6.07) is 7.71. The average Bonchev–Trinajstić information content (AvgIpc) is 3.08. The second-order valence-electron chi connectivity index (χ2n) is 12.1. The van der Waals surface area contributed by atoms with Crippen LogP contribution in [0.2, 0.25) is 18.1 Å². The molecule has 2 aromatic rings. The highest BCUT2D eigenvalue weighted by atomic mass is 79.9.